The van der Waals surface area contributed by atoms with E-state index in [4.69, 9.17) is 0 Å². The van der Waals surface area contributed by atoms with E-state index >= 15 is 0 Å². The maximum absolute atomic E-state index is 12.6. The van der Waals surface area contributed by atoms with Crippen LogP contribution in [0.3, 0.4) is 0 Å². The van der Waals surface area contributed by atoms with Crippen molar-refractivity contribution in [2.75, 3.05) is 0 Å². The van der Waals surface area contributed by atoms with Gasteiger partial charge in [0, 0.05) is 17.8 Å². The molecule has 2 aromatic rings. The molecule has 138 valence electrons. The molecule has 1 aliphatic heterocycles. The van der Waals surface area contributed by atoms with Crippen LogP contribution in [-0.2, 0) is 17.5 Å². The second-order valence-electron chi connectivity index (χ2n) is 6.24. The van der Waals surface area contributed by atoms with Gasteiger partial charge in [0.15, 0.2) is 0 Å². The lowest BCUT2D eigenvalue weighted by molar-refractivity contribution is -0.141. The number of halogens is 3. The molecule has 1 aliphatic rings. The fourth-order valence-corrected chi connectivity index (χ4v) is 2.80. The molecule has 1 saturated heterocycles. The van der Waals surface area contributed by atoms with E-state index in [-0.39, 0.29) is 18.5 Å². The summed E-state index contributed by atoms with van der Waals surface area (Å²) in [6, 6.07) is 3.96. The fraction of sp³-hybridized carbons (Fsp3) is 0.412. The summed E-state index contributed by atoms with van der Waals surface area (Å²) in [6.07, 6.45) is -0.303. The molecule has 0 bridgehead atoms. The summed E-state index contributed by atoms with van der Waals surface area (Å²) < 4.78 is 37.7. The molecular formula is C17H18F3N5O. The van der Waals surface area contributed by atoms with Crippen molar-refractivity contribution in [3.8, 4) is 11.3 Å². The number of alkyl halides is 3. The van der Waals surface area contributed by atoms with Crippen molar-refractivity contribution in [3.05, 3.63) is 42.1 Å². The van der Waals surface area contributed by atoms with Crippen molar-refractivity contribution in [2.45, 2.75) is 44.6 Å². The molecule has 2 atom stereocenters. The quantitative estimate of drug-likeness (QED) is 0.869. The van der Waals surface area contributed by atoms with Gasteiger partial charge in [-0.15, -0.1) is 0 Å². The van der Waals surface area contributed by atoms with E-state index in [2.05, 4.69) is 25.6 Å². The van der Waals surface area contributed by atoms with Crippen LogP contribution >= 0.6 is 0 Å². The van der Waals surface area contributed by atoms with E-state index in [1.807, 2.05) is 6.92 Å². The molecule has 1 amide bonds. The summed E-state index contributed by atoms with van der Waals surface area (Å²) in [6.45, 7) is 2.25. The summed E-state index contributed by atoms with van der Waals surface area (Å²) in [5, 5.41) is 6.01. The number of hydrogen-bond donors (Lipinski definition) is 2. The number of rotatable bonds is 4. The molecule has 3 heterocycles. The van der Waals surface area contributed by atoms with Crippen LogP contribution in [0.1, 0.15) is 31.2 Å². The summed E-state index contributed by atoms with van der Waals surface area (Å²) in [7, 11) is 0. The predicted molar refractivity (Wildman–Crippen MR) is 87.7 cm³/mol. The molecule has 26 heavy (non-hydrogen) atoms. The van der Waals surface area contributed by atoms with Crippen LogP contribution in [0.5, 0.6) is 0 Å². The lowest BCUT2D eigenvalue weighted by Gasteiger charge is -2.12. The second kappa shape index (κ2) is 7.36. The highest BCUT2D eigenvalue weighted by Gasteiger charge is 2.32. The molecule has 1 fully saturated rings. The van der Waals surface area contributed by atoms with Gasteiger partial charge in [-0.05, 0) is 38.0 Å². The largest absolute Gasteiger partial charge is 0.433 e. The van der Waals surface area contributed by atoms with Crippen LogP contribution in [0.25, 0.3) is 11.3 Å². The van der Waals surface area contributed by atoms with Gasteiger partial charge in [-0.1, -0.05) is 0 Å². The zero-order valence-corrected chi connectivity index (χ0v) is 14.0. The van der Waals surface area contributed by atoms with E-state index in [0.29, 0.717) is 23.0 Å². The number of aromatic nitrogens is 3. The Morgan fingerprint density at radius 2 is 2.08 bits per heavy atom. The van der Waals surface area contributed by atoms with Gasteiger partial charge in [0.1, 0.15) is 12.0 Å². The molecular weight excluding hydrogens is 347 g/mol. The molecule has 0 aliphatic carbocycles. The summed E-state index contributed by atoms with van der Waals surface area (Å²) in [5.74, 6) is -0.0919. The van der Waals surface area contributed by atoms with Crippen molar-refractivity contribution in [1.29, 1.82) is 0 Å². The van der Waals surface area contributed by atoms with E-state index in [0.717, 1.165) is 25.1 Å². The molecule has 0 saturated carbocycles. The Morgan fingerprint density at radius 3 is 2.69 bits per heavy atom. The first-order valence-electron chi connectivity index (χ1n) is 8.21. The van der Waals surface area contributed by atoms with Gasteiger partial charge in [-0.2, -0.15) is 13.2 Å². The van der Waals surface area contributed by atoms with Gasteiger partial charge in [0.2, 0.25) is 5.91 Å². The standard InChI is InChI=1S/C17H18F3N5O/c1-10-2-4-13(25-10)16(26)22-8-12-6-14(24-9-23-12)11-3-5-15(21-7-11)17(18,19)20/h3,5-7,9-10,13,25H,2,4,8H2,1H3,(H,22,26). The average molecular weight is 365 g/mol. The smallest absolute Gasteiger partial charge is 0.349 e. The molecule has 2 N–H and O–H groups in total. The maximum Gasteiger partial charge on any atom is 0.433 e. The van der Waals surface area contributed by atoms with E-state index in [1.54, 1.807) is 6.07 Å². The Balaban J connectivity index is 1.65. The van der Waals surface area contributed by atoms with Gasteiger partial charge in [0.05, 0.1) is 24.0 Å². The van der Waals surface area contributed by atoms with Crippen molar-refractivity contribution in [3.63, 3.8) is 0 Å². The monoisotopic (exact) mass is 365 g/mol. The van der Waals surface area contributed by atoms with Crippen LogP contribution in [0.15, 0.2) is 30.7 Å². The fourth-order valence-electron chi connectivity index (χ4n) is 2.80. The first kappa shape index (κ1) is 18.2. The number of nitrogens with one attached hydrogen (secondary N) is 2. The second-order valence-corrected chi connectivity index (χ2v) is 6.24. The molecule has 2 aromatic heterocycles. The van der Waals surface area contributed by atoms with E-state index in [9.17, 15) is 18.0 Å². The molecule has 9 heteroatoms. The number of amides is 1. The Morgan fingerprint density at radius 1 is 1.27 bits per heavy atom. The predicted octanol–water partition coefficient (Wildman–Crippen LogP) is 2.31. The molecule has 0 radical (unpaired) electrons. The Kier molecular flexibility index (Phi) is 5.17. The minimum atomic E-state index is -4.48. The van der Waals surface area contributed by atoms with Crippen LogP contribution in [0.2, 0.25) is 0 Å². The SMILES string of the molecule is CC1CCC(C(=O)NCc2cc(-c3ccc(C(F)(F)F)nc3)ncn2)N1. The molecule has 2 unspecified atom stereocenters. The lowest BCUT2D eigenvalue weighted by Crippen LogP contribution is -2.41. The van der Waals surface area contributed by atoms with E-state index < -0.39 is 11.9 Å². The first-order valence-corrected chi connectivity index (χ1v) is 8.21. The number of hydrogen-bond acceptors (Lipinski definition) is 5. The van der Waals surface area contributed by atoms with Crippen LogP contribution in [0, 0.1) is 0 Å². The van der Waals surface area contributed by atoms with Gasteiger partial charge < -0.3 is 10.6 Å². The summed E-state index contributed by atoms with van der Waals surface area (Å²) in [5.41, 5.74) is 0.493. The van der Waals surface area contributed by atoms with Crippen molar-refractivity contribution < 1.29 is 18.0 Å². The van der Waals surface area contributed by atoms with Gasteiger partial charge in [-0.3, -0.25) is 9.78 Å². The maximum atomic E-state index is 12.6. The van der Waals surface area contributed by atoms with Crippen LogP contribution < -0.4 is 10.6 Å². The highest BCUT2D eigenvalue weighted by Crippen LogP contribution is 2.28. The molecule has 0 spiro atoms. The lowest BCUT2D eigenvalue weighted by atomic mass is 10.1. The van der Waals surface area contributed by atoms with Crippen molar-refractivity contribution in [1.82, 2.24) is 25.6 Å². The van der Waals surface area contributed by atoms with Gasteiger partial charge in [0.25, 0.3) is 0 Å². The number of carbonyl (C=O) groups excluding carboxylic acids is 1. The first-order chi connectivity index (χ1) is 12.3. The van der Waals surface area contributed by atoms with E-state index in [1.165, 1.54) is 12.4 Å². The molecule has 6 nitrogen and oxygen atoms in total. The van der Waals surface area contributed by atoms with Gasteiger partial charge >= 0.3 is 6.18 Å². The van der Waals surface area contributed by atoms with Crippen LogP contribution in [0.4, 0.5) is 13.2 Å². The summed E-state index contributed by atoms with van der Waals surface area (Å²) >= 11 is 0. The minimum Gasteiger partial charge on any atom is -0.349 e. The third-order valence-electron chi connectivity index (χ3n) is 4.21. The molecule has 0 aromatic carbocycles. The molecule has 3 rings (SSSR count). The average Bonchev–Trinajstić information content (AvgIpc) is 3.06. The normalized spacial score (nSPS) is 20.2. The Bertz CT molecular complexity index is 779. The Labute approximate surface area is 148 Å². The third kappa shape index (κ3) is 4.34. The van der Waals surface area contributed by atoms with Crippen LogP contribution in [-0.4, -0.2) is 32.9 Å². The van der Waals surface area contributed by atoms with Gasteiger partial charge in [-0.25, -0.2) is 9.97 Å². The number of pyridine rings is 1. The third-order valence-corrected chi connectivity index (χ3v) is 4.21. The minimum absolute atomic E-state index is 0.0919. The highest BCUT2D eigenvalue weighted by molar-refractivity contribution is 5.82. The Hall–Kier alpha value is -2.55. The highest BCUT2D eigenvalue weighted by atomic mass is 19.4. The summed E-state index contributed by atoms with van der Waals surface area (Å²) in [4.78, 5) is 23.7. The zero-order valence-electron chi connectivity index (χ0n) is 14.0. The number of nitrogens with zero attached hydrogens (tertiary/aromatic N) is 3. The zero-order chi connectivity index (χ0) is 18.7. The van der Waals surface area contributed by atoms with Crippen molar-refractivity contribution in [2.24, 2.45) is 0 Å². The topological polar surface area (TPSA) is 79.8 Å². The number of carbonyl (C=O) groups is 1. The van der Waals surface area contributed by atoms with Crippen molar-refractivity contribution >= 4 is 5.91 Å².